The largest absolute Gasteiger partial charge is 0.387 e. The van der Waals surface area contributed by atoms with Crippen LogP contribution in [0.25, 0.3) is 10.8 Å². The molecule has 1 aromatic heterocycles. The number of hydrogen-bond acceptors (Lipinski definition) is 7. The smallest absolute Gasteiger partial charge is 0.290 e. The van der Waals surface area contributed by atoms with Crippen molar-refractivity contribution in [3.8, 4) is 0 Å². The van der Waals surface area contributed by atoms with Crippen molar-refractivity contribution in [3.63, 3.8) is 0 Å². The topological polar surface area (TPSA) is 159 Å². The zero-order valence-corrected chi connectivity index (χ0v) is 14.5. The van der Waals surface area contributed by atoms with Crippen LogP contribution >= 0.6 is 0 Å². The van der Waals surface area contributed by atoms with E-state index in [4.69, 9.17) is 0 Å². The molecule has 0 saturated heterocycles. The van der Waals surface area contributed by atoms with E-state index in [-0.39, 0.29) is 22.3 Å². The first-order valence-electron chi connectivity index (χ1n) is 7.96. The molecule has 1 heterocycles. The van der Waals surface area contributed by atoms with Crippen molar-refractivity contribution in [2.75, 3.05) is 12.4 Å². The molecule has 11 heteroatoms. The summed E-state index contributed by atoms with van der Waals surface area (Å²) in [7, 11) is 1.55. The monoisotopic (exact) mass is 382 g/mol. The Morgan fingerprint density at radius 3 is 2.43 bits per heavy atom. The van der Waals surface area contributed by atoms with Crippen molar-refractivity contribution in [2.24, 2.45) is 0 Å². The normalized spacial score (nSPS) is 10.3. The maximum absolute atomic E-state index is 12.4. The van der Waals surface area contributed by atoms with Crippen molar-refractivity contribution in [1.82, 2.24) is 21.0 Å². The molecule has 2 aromatic carbocycles. The van der Waals surface area contributed by atoms with Gasteiger partial charge in [0.2, 0.25) is 0 Å². The van der Waals surface area contributed by atoms with E-state index >= 15 is 0 Å². The molecule has 0 aliphatic rings. The minimum atomic E-state index is -0.768. The number of H-pyrrole nitrogens is 1. The molecule has 3 rings (SSSR count). The lowest BCUT2D eigenvalue weighted by molar-refractivity contribution is -0.384. The fraction of sp³-hybridized carbons (Fsp3) is 0.0588. The highest BCUT2D eigenvalue weighted by Gasteiger charge is 2.18. The van der Waals surface area contributed by atoms with Crippen molar-refractivity contribution in [1.29, 1.82) is 0 Å². The zero-order valence-electron chi connectivity index (χ0n) is 14.5. The summed E-state index contributed by atoms with van der Waals surface area (Å²) in [5, 5.41) is 20.2. The van der Waals surface area contributed by atoms with Gasteiger partial charge in [-0.15, -0.1) is 0 Å². The summed E-state index contributed by atoms with van der Waals surface area (Å²) in [6.07, 6.45) is 0. The number of nitro groups is 1. The van der Waals surface area contributed by atoms with Crippen LogP contribution in [-0.4, -0.2) is 34.0 Å². The molecule has 0 saturated carbocycles. The molecule has 4 N–H and O–H groups in total. The van der Waals surface area contributed by atoms with Gasteiger partial charge in [0, 0.05) is 30.3 Å². The molecule has 0 atom stereocenters. The molecule has 0 fully saturated rings. The Morgan fingerprint density at radius 2 is 1.75 bits per heavy atom. The predicted octanol–water partition coefficient (Wildman–Crippen LogP) is 0.948. The van der Waals surface area contributed by atoms with Gasteiger partial charge in [-0.2, -0.15) is 5.10 Å². The first kappa shape index (κ1) is 18.5. The van der Waals surface area contributed by atoms with Crippen LogP contribution in [0.5, 0.6) is 0 Å². The number of amides is 2. The van der Waals surface area contributed by atoms with Crippen molar-refractivity contribution < 1.29 is 14.5 Å². The number of aromatic nitrogens is 2. The van der Waals surface area contributed by atoms with Crippen LogP contribution in [0.4, 0.5) is 11.4 Å². The second kappa shape index (κ2) is 7.53. The first-order valence-corrected chi connectivity index (χ1v) is 7.96. The van der Waals surface area contributed by atoms with E-state index < -0.39 is 22.3 Å². The summed E-state index contributed by atoms with van der Waals surface area (Å²) in [5.41, 5.74) is 3.86. The maximum Gasteiger partial charge on any atom is 0.290 e. The van der Waals surface area contributed by atoms with Crippen LogP contribution in [0.1, 0.15) is 20.8 Å². The molecule has 3 aromatic rings. The molecule has 142 valence electrons. The lowest BCUT2D eigenvalue weighted by atomic mass is 10.1. The Labute approximate surface area is 156 Å². The van der Waals surface area contributed by atoms with Gasteiger partial charge in [-0.3, -0.25) is 35.3 Å². The Bertz CT molecular complexity index is 1160. The molecule has 11 nitrogen and oxygen atoms in total. The molecule has 0 bridgehead atoms. The van der Waals surface area contributed by atoms with E-state index in [1.807, 2.05) is 0 Å². The number of rotatable bonds is 4. The molecular weight excluding hydrogens is 368 g/mol. The number of hydrogen-bond donors (Lipinski definition) is 4. The highest BCUT2D eigenvalue weighted by molar-refractivity contribution is 6.06. The highest BCUT2D eigenvalue weighted by atomic mass is 16.6. The standard InChI is InChI=1S/C17H14N6O5/c1-18-13-7-6-9(23(27)28)8-12(13)16(25)21-22-17(26)14-10-4-2-3-5-11(10)15(24)20-19-14/h2-8,18H,1H3,(H,20,24)(H,21,25)(H,22,26). The minimum Gasteiger partial charge on any atom is -0.387 e. The summed E-state index contributed by atoms with van der Waals surface area (Å²) in [6, 6.07) is 10.1. The number of benzene rings is 2. The van der Waals surface area contributed by atoms with Gasteiger partial charge >= 0.3 is 0 Å². The van der Waals surface area contributed by atoms with E-state index in [0.717, 1.165) is 6.07 Å². The number of nitrogens with one attached hydrogen (secondary N) is 4. The molecule has 0 spiro atoms. The van der Waals surface area contributed by atoms with Crippen LogP contribution in [0, 0.1) is 10.1 Å². The van der Waals surface area contributed by atoms with Gasteiger partial charge in [0.1, 0.15) is 0 Å². The lowest BCUT2D eigenvalue weighted by Gasteiger charge is -2.11. The molecule has 0 aliphatic carbocycles. The van der Waals surface area contributed by atoms with Crippen LogP contribution in [0.3, 0.4) is 0 Å². The lowest BCUT2D eigenvalue weighted by Crippen LogP contribution is -2.42. The average molecular weight is 382 g/mol. The van der Waals surface area contributed by atoms with Crippen molar-refractivity contribution in [3.05, 3.63) is 74.2 Å². The van der Waals surface area contributed by atoms with Crippen LogP contribution in [-0.2, 0) is 0 Å². The van der Waals surface area contributed by atoms with Gasteiger partial charge in [0.25, 0.3) is 23.1 Å². The number of carbonyl (C=O) groups is 2. The fourth-order valence-corrected chi connectivity index (χ4v) is 2.58. The Balaban J connectivity index is 1.83. The third-order valence-electron chi connectivity index (χ3n) is 3.93. The van der Waals surface area contributed by atoms with E-state index in [2.05, 4.69) is 26.4 Å². The number of carbonyl (C=O) groups excluding carboxylic acids is 2. The molecule has 2 amide bonds. The molecule has 0 radical (unpaired) electrons. The number of hydrazine groups is 1. The van der Waals surface area contributed by atoms with Crippen LogP contribution < -0.4 is 21.7 Å². The van der Waals surface area contributed by atoms with Gasteiger partial charge in [-0.25, -0.2) is 5.10 Å². The summed E-state index contributed by atoms with van der Waals surface area (Å²) < 4.78 is 0. The number of anilines is 1. The summed E-state index contributed by atoms with van der Waals surface area (Å²) in [4.78, 5) is 46.9. The van der Waals surface area contributed by atoms with E-state index in [9.17, 15) is 24.5 Å². The van der Waals surface area contributed by atoms with Crippen molar-refractivity contribution >= 4 is 34.0 Å². The molecular formula is C17H14N6O5. The third kappa shape index (κ3) is 3.49. The molecule has 0 unspecified atom stereocenters. The SMILES string of the molecule is CNc1ccc([N+](=O)[O-])cc1C(=O)NNC(=O)c1n[nH]c(=O)c2ccccc12. The summed E-state index contributed by atoms with van der Waals surface area (Å²) in [5.74, 6) is -1.53. The summed E-state index contributed by atoms with van der Waals surface area (Å²) >= 11 is 0. The molecule has 28 heavy (non-hydrogen) atoms. The third-order valence-corrected chi connectivity index (χ3v) is 3.93. The van der Waals surface area contributed by atoms with Gasteiger partial charge < -0.3 is 5.32 Å². The van der Waals surface area contributed by atoms with Gasteiger partial charge in [-0.05, 0) is 12.1 Å². The Morgan fingerprint density at radius 1 is 1.07 bits per heavy atom. The maximum atomic E-state index is 12.4. The van der Waals surface area contributed by atoms with Crippen LogP contribution in [0.15, 0.2) is 47.3 Å². The Hall–Kier alpha value is -4.28. The number of nitro benzene ring substituents is 1. The van der Waals surface area contributed by atoms with Crippen molar-refractivity contribution in [2.45, 2.75) is 0 Å². The highest BCUT2D eigenvalue weighted by Crippen LogP contribution is 2.21. The quantitative estimate of drug-likeness (QED) is 0.386. The first-order chi connectivity index (χ1) is 13.4. The predicted molar refractivity (Wildman–Crippen MR) is 99.9 cm³/mol. The van der Waals surface area contributed by atoms with E-state index in [0.29, 0.717) is 11.1 Å². The number of nitrogens with zero attached hydrogens (tertiary/aromatic N) is 2. The van der Waals surface area contributed by atoms with Gasteiger partial charge in [0.05, 0.1) is 15.9 Å². The number of non-ortho nitro benzene ring substituents is 1. The number of fused-ring (bicyclic) bond motifs is 1. The van der Waals surface area contributed by atoms with Gasteiger partial charge in [0.15, 0.2) is 5.69 Å². The van der Waals surface area contributed by atoms with Gasteiger partial charge in [-0.1, -0.05) is 18.2 Å². The Kier molecular flexibility index (Phi) is 4.98. The van der Waals surface area contributed by atoms with Crippen LogP contribution in [0.2, 0.25) is 0 Å². The second-order valence-electron chi connectivity index (χ2n) is 5.59. The fourth-order valence-electron chi connectivity index (χ4n) is 2.58. The summed E-state index contributed by atoms with van der Waals surface area (Å²) in [6.45, 7) is 0. The average Bonchev–Trinajstić information content (AvgIpc) is 2.71. The van der Waals surface area contributed by atoms with E-state index in [1.54, 1.807) is 25.2 Å². The number of aromatic amines is 1. The molecule has 0 aliphatic heterocycles. The van der Waals surface area contributed by atoms with E-state index in [1.165, 1.54) is 18.2 Å². The zero-order chi connectivity index (χ0) is 20.3. The minimum absolute atomic E-state index is 0.0312. The second-order valence-corrected chi connectivity index (χ2v) is 5.59.